The van der Waals surface area contributed by atoms with Gasteiger partial charge in [0.1, 0.15) is 0 Å². The van der Waals surface area contributed by atoms with Gasteiger partial charge >= 0.3 is 0 Å². The minimum Gasteiger partial charge on any atom is -0.337 e. The average molecular weight is 258 g/mol. The van der Waals surface area contributed by atoms with Crippen LogP contribution >= 0.6 is 0 Å². The molecule has 3 rings (SSSR count). The van der Waals surface area contributed by atoms with Crippen LogP contribution in [0.2, 0.25) is 0 Å². The van der Waals surface area contributed by atoms with Crippen molar-refractivity contribution in [2.75, 3.05) is 13.6 Å². The van der Waals surface area contributed by atoms with Crippen molar-refractivity contribution in [1.29, 1.82) is 0 Å². The van der Waals surface area contributed by atoms with Crippen molar-refractivity contribution in [3.05, 3.63) is 30.0 Å². The summed E-state index contributed by atoms with van der Waals surface area (Å²) in [6.07, 6.45) is 4.11. The molecule has 1 unspecified atom stereocenters. The maximum absolute atomic E-state index is 12.5. The van der Waals surface area contributed by atoms with Gasteiger partial charge in [0.25, 0.3) is 5.91 Å². The molecule has 1 saturated carbocycles. The van der Waals surface area contributed by atoms with Gasteiger partial charge in [-0.05, 0) is 30.9 Å². The number of fused-ring (bicyclic) bond motifs is 1. The minimum atomic E-state index is 0.0267. The highest BCUT2D eigenvalue weighted by molar-refractivity contribution is 5.97. The Labute approximate surface area is 111 Å². The van der Waals surface area contributed by atoms with Crippen LogP contribution in [0.25, 0.3) is 10.9 Å². The molecule has 1 atom stereocenters. The number of H-pyrrole nitrogens is 1. The van der Waals surface area contributed by atoms with E-state index in [0.29, 0.717) is 18.0 Å². The van der Waals surface area contributed by atoms with Crippen molar-refractivity contribution >= 4 is 16.8 Å². The van der Waals surface area contributed by atoms with E-state index in [2.05, 4.69) is 10.2 Å². The first-order valence-electron chi connectivity index (χ1n) is 6.61. The van der Waals surface area contributed by atoms with Gasteiger partial charge in [0.2, 0.25) is 0 Å². The van der Waals surface area contributed by atoms with Crippen molar-refractivity contribution < 1.29 is 4.79 Å². The summed E-state index contributed by atoms with van der Waals surface area (Å²) in [5, 5.41) is 7.86. The molecule has 1 amide bonds. The molecular formula is C14H18N4O. The molecule has 0 saturated heterocycles. The zero-order chi connectivity index (χ0) is 13.4. The fraction of sp³-hybridized carbons (Fsp3) is 0.429. The minimum absolute atomic E-state index is 0.0267. The highest BCUT2D eigenvalue weighted by Crippen LogP contribution is 2.35. The standard InChI is InChI=1S/C14H18N4O/c1-18(13(7-15)9-2-3-9)14(19)10-4-5-11-8-16-17-12(11)6-10/h4-6,8-9,13H,2-3,7,15H2,1H3,(H,16,17). The summed E-state index contributed by atoms with van der Waals surface area (Å²) in [5.74, 6) is 0.605. The number of rotatable bonds is 4. The number of nitrogens with one attached hydrogen (secondary N) is 1. The molecule has 1 aliphatic carbocycles. The van der Waals surface area contributed by atoms with Gasteiger partial charge in [-0.2, -0.15) is 5.10 Å². The van der Waals surface area contributed by atoms with Crippen LogP contribution in [0.15, 0.2) is 24.4 Å². The number of carbonyl (C=O) groups is 1. The summed E-state index contributed by atoms with van der Waals surface area (Å²) < 4.78 is 0. The van der Waals surface area contributed by atoms with Crippen molar-refractivity contribution in [2.45, 2.75) is 18.9 Å². The highest BCUT2D eigenvalue weighted by Gasteiger charge is 2.35. The Balaban J connectivity index is 1.85. The molecule has 100 valence electrons. The molecule has 1 aliphatic rings. The maximum atomic E-state index is 12.5. The predicted octanol–water partition coefficient (Wildman–Crippen LogP) is 1.37. The summed E-state index contributed by atoms with van der Waals surface area (Å²) in [4.78, 5) is 14.3. The fourth-order valence-electron chi connectivity index (χ4n) is 2.57. The first kappa shape index (κ1) is 12.2. The smallest absolute Gasteiger partial charge is 0.253 e. The largest absolute Gasteiger partial charge is 0.337 e. The van der Waals surface area contributed by atoms with Crippen LogP contribution in [0.1, 0.15) is 23.2 Å². The average Bonchev–Trinajstić information content (AvgIpc) is 3.15. The number of amides is 1. The normalized spacial score (nSPS) is 16.5. The van der Waals surface area contributed by atoms with E-state index in [1.165, 1.54) is 12.8 Å². The van der Waals surface area contributed by atoms with Crippen molar-refractivity contribution in [2.24, 2.45) is 11.7 Å². The van der Waals surface area contributed by atoms with Crippen LogP contribution in [0, 0.1) is 5.92 Å². The molecule has 1 aromatic heterocycles. The number of hydrogen-bond acceptors (Lipinski definition) is 3. The van der Waals surface area contributed by atoms with Gasteiger partial charge in [0, 0.05) is 30.6 Å². The molecule has 19 heavy (non-hydrogen) atoms. The lowest BCUT2D eigenvalue weighted by Crippen LogP contribution is -2.43. The lowest BCUT2D eigenvalue weighted by Gasteiger charge is -2.27. The summed E-state index contributed by atoms with van der Waals surface area (Å²) in [7, 11) is 1.84. The molecule has 0 bridgehead atoms. The highest BCUT2D eigenvalue weighted by atomic mass is 16.2. The molecule has 0 aliphatic heterocycles. The lowest BCUT2D eigenvalue weighted by atomic mass is 10.1. The second-order valence-corrected chi connectivity index (χ2v) is 5.23. The second-order valence-electron chi connectivity index (χ2n) is 5.23. The van der Waals surface area contributed by atoms with Gasteiger partial charge < -0.3 is 10.6 Å². The molecule has 0 spiro atoms. The van der Waals surface area contributed by atoms with Crippen LogP contribution in [0.4, 0.5) is 0 Å². The zero-order valence-electron chi connectivity index (χ0n) is 11.0. The second kappa shape index (κ2) is 4.66. The van der Waals surface area contributed by atoms with E-state index in [1.807, 2.05) is 25.2 Å². The van der Waals surface area contributed by atoms with Gasteiger partial charge in [-0.15, -0.1) is 0 Å². The Hall–Kier alpha value is -1.88. The third kappa shape index (κ3) is 2.21. The van der Waals surface area contributed by atoms with Crippen LogP contribution in [0.5, 0.6) is 0 Å². The summed E-state index contributed by atoms with van der Waals surface area (Å²) in [6.45, 7) is 0.527. The van der Waals surface area contributed by atoms with Crippen LogP contribution in [0.3, 0.4) is 0 Å². The Morgan fingerprint density at radius 1 is 1.58 bits per heavy atom. The van der Waals surface area contributed by atoms with Gasteiger partial charge in [0.15, 0.2) is 0 Å². The van der Waals surface area contributed by atoms with Crippen LogP contribution < -0.4 is 5.73 Å². The summed E-state index contributed by atoms with van der Waals surface area (Å²) in [5.41, 5.74) is 7.36. The first-order valence-corrected chi connectivity index (χ1v) is 6.61. The Morgan fingerprint density at radius 2 is 2.37 bits per heavy atom. The van der Waals surface area contributed by atoms with E-state index in [4.69, 9.17) is 5.73 Å². The van der Waals surface area contributed by atoms with Gasteiger partial charge in [-0.25, -0.2) is 0 Å². The Morgan fingerprint density at radius 3 is 3.05 bits per heavy atom. The van der Waals surface area contributed by atoms with E-state index in [1.54, 1.807) is 11.1 Å². The molecule has 5 heteroatoms. The number of likely N-dealkylation sites (N-methyl/N-ethyl adjacent to an activating group) is 1. The van der Waals surface area contributed by atoms with Gasteiger partial charge in [-0.1, -0.05) is 6.07 Å². The van der Waals surface area contributed by atoms with E-state index in [9.17, 15) is 4.79 Å². The van der Waals surface area contributed by atoms with E-state index < -0.39 is 0 Å². The molecule has 1 aromatic carbocycles. The number of hydrogen-bond donors (Lipinski definition) is 2. The number of aromatic nitrogens is 2. The van der Waals surface area contributed by atoms with Crippen molar-refractivity contribution in [1.82, 2.24) is 15.1 Å². The van der Waals surface area contributed by atoms with E-state index in [-0.39, 0.29) is 11.9 Å². The molecule has 1 fully saturated rings. The van der Waals surface area contributed by atoms with Gasteiger partial charge in [0.05, 0.1) is 11.7 Å². The van der Waals surface area contributed by atoms with E-state index in [0.717, 1.165) is 10.9 Å². The maximum Gasteiger partial charge on any atom is 0.253 e. The molecule has 1 heterocycles. The predicted molar refractivity (Wildman–Crippen MR) is 73.8 cm³/mol. The zero-order valence-corrected chi connectivity index (χ0v) is 11.0. The summed E-state index contributed by atoms with van der Waals surface area (Å²) >= 11 is 0. The summed E-state index contributed by atoms with van der Waals surface area (Å²) in [6, 6.07) is 5.76. The first-order chi connectivity index (χ1) is 9.20. The monoisotopic (exact) mass is 258 g/mol. The number of benzene rings is 1. The molecule has 0 radical (unpaired) electrons. The third-order valence-corrected chi connectivity index (χ3v) is 3.91. The number of carbonyl (C=O) groups excluding carboxylic acids is 1. The topological polar surface area (TPSA) is 75.0 Å². The molecule has 3 N–H and O–H groups in total. The van der Waals surface area contributed by atoms with Crippen molar-refractivity contribution in [3.63, 3.8) is 0 Å². The molecular weight excluding hydrogens is 240 g/mol. The van der Waals surface area contributed by atoms with Crippen LogP contribution in [-0.2, 0) is 0 Å². The molecule has 5 nitrogen and oxygen atoms in total. The number of aromatic amines is 1. The van der Waals surface area contributed by atoms with Gasteiger partial charge in [-0.3, -0.25) is 9.89 Å². The Kier molecular flexibility index (Phi) is 2.98. The van der Waals surface area contributed by atoms with E-state index >= 15 is 0 Å². The number of nitrogens with two attached hydrogens (primary N) is 1. The third-order valence-electron chi connectivity index (χ3n) is 3.91. The van der Waals surface area contributed by atoms with Crippen molar-refractivity contribution in [3.8, 4) is 0 Å². The lowest BCUT2D eigenvalue weighted by molar-refractivity contribution is 0.0719. The quantitative estimate of drug-likeness (QED) is 0.869. The Bertz CT molecular complexity index is 602. The number of nitrogens with zero attached hydrogens (tertiary/aromatic N) is 2. The molecule has 2 aromatic rings. The fourth-order valence-corrected chi connectivity index (χ4v) is 2.57. The van der Waals surface area contributed by atoms with Crippen LogP contribution in [-0.4, -0.2) is 40.6 Å². The SMILES string of the molecule is CN(C(=O)c1ccc2cn[nH]c2c1)C(CN)C1CC1.